The van der Waals surface area contributed by atoms with Crippen LogP contribution < -0.4 is 0 Å². The van der Waals surface area contributed by atoms with Gasteiger partial charge in [-0.25, -0.2) is 4.79 Å². The molecular weight excluding hydrogens is 400 g/mol. The second-order valence-electron chi connectivity index (χ2n) is 5.40. The summed E-state index contributed by atoms with van der Waals surface area (Å²) in [6.45, 7) is 0. The number of benzene rings is 2. The van der Waals surface area contributed by atoms with E-state index in [0.717, 1.165) is 18.2 Å². The van der Waals surface area contributed by atoms with Gasteiger partial charge in [0.1, 0.15) is 5.56 Å². The van der Waals surface area contributed by atoms with Gasteiger partial charge in [0.05, 0.1) is 9.85 Å². The molecular formula is C15H12N2O10S. The van der Waals surface area contributed by atoms with Crippen LogP contribution in [0.5, 0.6) is 0 Å². The van der Waals surface area contributed by atoms with Crippen molar-refractivity contribution in [1.29, 1.82) is 0 Å². The van der Waals surface area contributed by atoms with Crippen molar-refractivity contribution in [1.82, 2.24) is 0 Å². The van der Waals surface area contributed by atoms with Gasteiger partial charge in [-0.2, -0.15) is 8.42 Å². The fraction of sp³-hybridized carbons (Fsp3) is 0.133. The van der Waals surface area contributed by atoms with E-state index in [1.807, 2.05) is 0 Å². The molecule has 0 amide bonds. The topological polar surface area (TPSA) is 187 Å². The minimum atomic E-state index is -5.86. The van der Waals surface area contributed by atoms with E-state index in [2.05, 4.69) is 4.74 Å². The zero-order valence-electron chi connectivity index (χ0n) is 13.8. The van der Waals surface area contributed by atoms with Gasteiger partial charge < -0.3 is 9.84 Å². The molecule has 0 radical (unpaired) electrons. The molecule has 2 aromatic rings. The van der Waals surface area contributed by atoms with Crippen LogP contribution in [0, 0.1) is 20.2 Å². The summed E-state index contributed by atoms with van der Waals surface area (Å²) in [5, 5.41) is 27.8. The highest BCUT2D eigenvalue weighted by Crippen LogP contribution is 2.39. The molecule has 2 aromatic carbocycles. The fourth-order valence-corrected chi connectivity index (χ4v) is 3.46. The third kappa shape index (κ3) is 3.74. The number of nitro benzene ring substituents is 1. The van der Waals surface area contributed by atoms with Gasteiger partial charge in [-0.05, 0) is 11.6 Å². The summed E-state index contributed by atoms with van der Waals surface area (Å²) in [7, 11) is -5.86. The lowest BCUT2D eigenvalue weighted by atomic mass is 9.96. The summed E-state index contributed by atoms with van der Waals surface area (Å²) < 4.78 is 37.3. The Morgan fingerprint density at radius 1 is 1.07 bits per heavy atom. The molecule has 0 aromatic heterocycles. The van der Waals surface area contributed by atoms with Gasteiger partial charge in [0, 0.05) is 18.1 Å². The zero-order chi connectivity index (χ0) is 21.1. The average molecular weight is 412 g/mol. The highest BCUT2D eigenvalue weighted by Gasteiger charge is 2.64. The van der Waals surface area contributed by atoms with Crippen LogP contribution in [0.15, 0.2) is 48.5 Å². The van der Waals surface area contributed by atoms with E-state index in [-0.39, 0.29) is 6.42 Å². The molecule has 13 heteroatoms. The van der Waals surface area contributed by atoms with Crippen LogP contribution in [0.1, 0.15) is 16.7 Å². The van der Waals surface area contributed by atoms with E-state index in [4.69, 9.17) is 5.11 Å². The normalized spacial score (nSPS) is 13.3. The largest absolute Gasteiger partial charge is 0.520 e. The molecule has 0 saturated heterocycles. The van der Waals surface area contributed by atoms with Crippen LogP contribution in [0.4, 0.5) is 10.5 Å². The van der Waals surface area contributed by atoms with Crippen molar-refractivity contribution in [3.63, 3.8) is 0 Å². The Hall–Kier alpha value is -3.58. The molecule has 0 aliphatic carbocycles. The molecule has 12 nitrogen and oxygen atoms in total. The van der Waals surface area contributed by atoms with Crippen molar-refractivity contribution < 1.29 is 37.5 Å². The Labute approximate surface area is 157 Å². The van der Waals surface area contributed by atoms with Crippen molar-refractivity contribution in [2.45, 2.75) is 11.5 Å². The maximum Gasteiger partial charge on any atom is 0.520 e. The SMILES string of the molecule is O=C(O)OC(c1cccc([N+](=O)[O-])c1Cc1ccccc1)([N+](=O)[O-])S(=O)(=O)O. The number of hydrogen-bond acceptors (Lipinski definition) is 8. The molecule has 0 aliphatic heterocycles. The summed E-state index contributed by atoms with van der Waals surface area (Å²) in [5.41, 5.74) is -1.82. The lowest BCUT2D eigenvalue weighted by Crippen LogP contribution is -2.47. The van der Waals surface area contributed by atoms with Crippen molar-refractivity contribution in [3.8, 4) is 0 Å². The van der Waals surface area contributed by atoms with Gasteiger partial charge in [-0.1, -0.05) is 36.4 Å². The maximum atomic E-state index is 11.9. The number of ether oxygens (including phenoxy) is 1. The molecule has 0 fully saturated rings. The Balaban J connectivity index is 2.91. The lowest BCUT2D eigenvalue weighted by Gasteiger charge is -2.22. The van der Waals surface area contributed by atoms with Gasteiger partial charge in [0.2, 0.25) is 0 Å². The van der Waals surface area contributed by atoms with Crippen LogP contribution in [0.25, 0.3) is 0 Å². The molecule has 2 N–H and O–H groups in total. The monoisotopic (exact) mass is 412 g/mol. The van der Waals surface area contributed by atoms with Crippen molar-refractivity contribution in [2.75, 3.05) is 0 Å². The van der Waals surface area contributed by atoms with Crippen molar-refractivity contribution >= 4 is 22.0 Å². The van der Waals surface area contributed by atoms with E-state index in [1.165, 1.54) is 12.1 Å². The number of rotatable bonds is 7. The molecule has 0 spiro atoms. The van der Waals surface area contributed by atoms with Crippen molar-refractivity contribution in [3.05, 3.63) is 85.4 Å². The predicted molar refractivity (Wildman–Crippen MR) is 91.7 cm³/mol. The molecule has 1 unspecified atom stereocenters. The predicted octanol–water partition coefficient (Wildman–Crippen LogP) is 2.15. The van der Waals surface area contributed by atoms with Crippen LogP contribution in [-0.4, -0.2) is 34.1 Å². The summed E-state index contributed by atoms with van der Waals surface area (Å²) in [4.78, 5) is 31.4. The van der Waals surface area contributed by atoms with Gasteiger partial charge in [0.25, 0.3) is 5.69 Å². The number of hydrogen-bond donors (Lipinski definition) is 2. The van der Waals surface area contributed by atoms with Crippen LogP contribution in [0.2, 0.25) is 0 Å². The van der Waals surface area contributed by atoms with E-state index < -0.39 is 48.0 Å². The van der Waals surface area contributed by atoms with E-state index in [0.29, 0.717) is 5.56 Å². The first-order valence-corrected chi connectivity index (χ1v) is 8.79. The molecule has 2 rings (SSSR count). The quantitative estimate of drug-likeness (QED) is 0.224. The summed E-state index contributed by atoms with van der Waals surface area (Å²) in [5.74, 6) is 0. The Morgan fingerprint density at radius 3 is 2.14 bits per heavy atom. The zero-order valence-corrected chi connectivity index (χ0v) is 14.6. The maximum absolute atomic E-state index is 11.9. The molecule has 28 heavy (non-hydrogen) atoms. The molecule has 148 valence electrons. The van der Waals surface area contributed by atoms with Gasteiger partial charge in [-0.3, -0.25) is 24.8 Å². The smallest absolute Gasteiger partial charge is 0.450 e. The highest BCUT2D eigenvalue weighted by atomic mass is 32.2. The summed E-state index contributed by atoms with van der Waals surface area (Å²) >= 11 is 0. The number of nitrogens with zero attached hydrogens (tertiary/aromatic N) is 2. The number of nitro groups is 2. The highest BCUT2D eigenvalue weighted by molar-refractivity contribution is 7.86. The van der Waals surface area contributed by atoms with Crippen LogP contribution in [-0.2, 0) is 26.3 Å². The third-order valence-corrected chi connectivity index (χ3v) is 4.88. The standard InChI is InChI=1S/C15H12N2O10S/c18-14(19)27-15(17(22)23,28(24,25)26)12-7-4-8-13(16(20)21)11(12)9-10-5-2-1-3-6-10/h1-8H,9H2,(H,18,19)(H,24,25,26). The van der Waals surface area contributed by atoms with Crippen molar-refractivity contribution in [2.24, 2.45) is 0 Å². The second kappa shape index (κ2) is 7.58. The van der Waals surface area contributed by atoms with Crippen LogP contribution in [0.3, 0.4) is 0 Å². The molecule has 1 atom stereocenters. The number of carboxylic acid groups (broad SMARTS) is 1. The lowest BCUT2D eigenvalue weighted by molar-refractivity contribution is -0.600. The van der Waals surface area contributed by atoms with Crippen LogP contribution >= 0.6 is 0 Å². The minimum Gasteiger partial charge on any atom is -0.450 e. The van der Waals surface area contributed by atoms with E-state index in [1.54, 1.807) is 18.2 Å². The van der Waals surface area contributed by atoms with Gasteiger partial charge in [-0.15, -0.1) is 0 Å². The van der Waals surface area contributed by atoms with E-state index in [9.17, 15) is 38.0 Å². The van der Waals surface area contributed by atoms with E-state index >= 15 is 0 Å². The summed E-state index contributed by atoms with van der Waals surface area (Å²) in [6.07, 6.45) is -2.76. The fourth-order valence-electron chi connectivity index (χ4n) is 2.62. The minimum absolute atomic E-state index is 0.374. The molecule has 0 bridgehead atoms. The molecule has 0 heterocycles. The Morgan fingerprint density at radius 2 is 1.68 bits per heavy atom. The average Bonchev–Trinajstić information content (AvgIpc) is 2.59. The number of carbonyl (C=O) groups is 1. The third-order valence-electron chi connectivity index (χ3n) is 3.73. The van der Waals surface area contributed by atoms with Gasteiger partial charge in [0.15, 0.2) is 0 Å². The summed E-state index contributed by atoms with van der Waals surface area (Å²) in [6, 6.07) is 10.4. The first kappa shape index (κ1) is 20.7. The Kier molecular flexibility index (Phi) is 5.61. The molecule has 0 aliphatic rings. The van der Waals surface area contributed by atoms with Gasteiger partial charge >= 0.3 is 21.3 Å². The Bertz CT molecular complexity index is 1040. The first-order valence-electron chi connectivity index (χ1n) is 7.35. The second-order valence-corrected chi connectivity index (χ2v) is 6.91. The molecule has 0 saturated carbocycles. The first-order chi connectivity index (χ1) is 13.0.